The minimum atomic E-state index is -0.510. The van der Waals surface area contributed by atoms with E-state index in [1.165, 1.54) is 9.80 Å². The van der Waals surface area contributed by atoms with Crippen LogP contribution in [0.5, 0.6) is 0 Å². The Hall–Kier alpha value is -3.09. The molecule has 2 N–H and O–H groups in total. The maximum absolute atomic E-state index is 11.6. The van der Waals surface area contributed by atoms with Gasteiger partial charge in [0.05, 0.1) is 6.54 Å². The molecule has 0 aromatic carbocycles. The van der Waals surface area contributed by atoms with Crippen LogP contribution in [0.4, 0.5) is 9.59 Å². The summed E-state index contributed by atoms with van der Waals surface area (Å²) >= 11 is 0. The van der Waals surface area contributed by atoms with Crippen molar-refractivity contribution in [3.05, 3.63) is 0 Å². The first-order chi connectivity index (χ1) is 17.0. The van der Waals surface area contributed by atoms with Gasteiger partial charge in [0.2, 0.25) is 17.7 Å². The third kappa shape index (κ3) is 13.1. The Morgan fingerprint density at radius 1 is 0.703 bits per heavy atom. The van der Waals surface area contributed by atoms with E-state index in [0.717, 1.165) is 13.1 Å². The van der Waals surface area contributed by atoms with Crippen molar-refractivity contribution in [1.82, 2.24) is 30.2 Å². The quantitative estimate of drug-likeness (QED) is 0.451. The van der Waals surface area contributed by atoms with E-state index in [4.69, 9.17) is 9.47 Å². The van der Waals surface area contributed by atoms with Gasteiger partial charge in [-0.2, -0.15) is 0 Å². The molecule has 3 aliphatic rings. The molecule has 5 amide bonds. The summed E-state index contributed by atoms with van der Waals surface area (Å²) < 4.78 is 10.3. The fourth-order valence-corrected chi connectivity index (χ4v) is 3.06. The lowest BCUT2D eigenvalue weighted by molar-refractivity contribution is -0.134. The van der Waals surface area contributed by atoms with Crippen LogP contribution in [0.25, 0.3) is 0 Å². The first-order valence-corrected chi connectivity index (χ1v) is 12.4. The van der Waals surface area contributed by atoms with Crippen molar-refractivity contribution in [3.8, 4) is 0 Å². The van der Waals surface area contributed by atoms with Gasteiger partial charge >= 0.3 is 12.2 Å². The number of carbonyl (C=O) groups is 5. The maximum Gasteiger partial charge on any atom is 0.410 e. The van der Waals surface area contributed by atoms with Gasteiger partial charge in [-0.05, 0) is 41.5 Å². The molecule has 212 valence electrons. The predicted octanol–water partition coefficient (Wildman–Crippen LogP) is 0.0968. The van der Waals surface area contributed by atoms with E-state index >= 15 is 0 Å². The van der Waals surface area contributed by atoms with Crippen LogP contribution in [-0.4, -0.2) is 134 Å². The lowest BCUT2D eigenvalue weighted by atomic mass is 10.2. The zero-order valence-corrected chi connectivity index (χ0v) is 23.5. The minimum absolute atomic E-state index is 0.0490. The lowest BCUT2D eigenvalue weighted by Crippen LogP contribution is -2.51. The molecule has 3 fully saturated rings. The molecule has 3 aliphatic heterocycles. The molecule has 13 heteroatoms. The van der Waals surface area contributed by atoms with Crippen LogP contribution < -0.4 is 10.6 Å². The number of carbonyl (C=O) groups excluding carboxylic acids is 5. The zero-order valence-electron chi connectivity index (χ0n) is 23.5. The number of ether oxygens (including phenoxy) is 2. The second-order valence-corrected chi connectivity index (χ2v) is 11.0. The summed E-state index contributed by atoms with van der Waals surface area (Å²) in [5.74, 6) is 0.00506. The van der Waals surface area contributed by atoms with E-state index in [1.807, 2.05) is 27.8 Å². The number of piperazine rings is 3. The number of nitrogens with zero attached hydrogens (tertiary/aromatic N) is 4. The first-order valence-electron chi connectivity index (χ1n) is 12.4. The van der Waals surface area contributed by atoms with Crippen LogP contribution >= 0.6 is 0 Å². The second-order valence-electron chi connectivity index (χ2n) is 11.0. The van der Waals surface area contributed by atoms with Crippen molar-refractivity contribution >= 4 is 29.9 Å². The molecule has 0 aliphatic carbocycles. The average Bonchev–Trinajstić information content (AvgIpc) is 2.76. The minimum Gasteiger partial charge on any atom is -0.444 e. The Bertz CT molecular complexity index is 821. The highest BCUT2D eigenvalue weighted by Crippen LogP contribution is 2.12. The largest absolute Gasteiger partial charge is 0.444 e. The Balaban J connectivity index is 0.000000290. The van der Waals surface area contributed by atoms with Gasteiger partial charge in [0.15, 0.2) is 0 Å². The molecular formula is C24H44N6O7. The summed E-state index contributed by atoms with van der Waals surface area (Å²) in [6, 6.07) is 0. The predicted molar refractivity (Wildman–Crippen MR) is 137 cm³/mol. The van der Waals surface area contributed by atoms with Gasteiger partial charge in [0, 0.05) is 53.4 Å². The number of likely N-dealkylation sites (N-methyl/N-ethyl adjacent to an activating group) is 2. The van der Waals surface area contributed by atoms with Crippen LogP contribution in [0.3, 0.4) is 0 Å². The van der Waals surface area contributed by atoms with Crippen LogP contribution in [0.1, 0.15) is 41.5 Å². The molecule has 3 heterocycles. The summed E-state index contributed by atoms with van der Waals surface area (Å²) in [5, 5.41) is 5.62. The standard InChI is InChI=1S/C10H18N2O3.C9H16N2O3.C5H10N2O/c1-10(2,3)15-9(14)12-6-5-11(4)8(13)7-12;1-9(2,3)14-8(13)11-5-4-10-7(12)6-11;1-7-3-2-6-4-5(7)8/h5-7H2,1-4H3;4-6H2,1-3H3,(H,10,12);6H,2-4H2,1H3. The zero-order chi connectivity index (χ0) is 28.4. The molecule has 13 nitrogen and oxygen atoms in total. The Morgan fingerprint density at radius 3 is 1.62 bits per heavy atom. The summed E-state index contributed by atoms with van der Waals surface area (Å²) in [5.41, 5.74) is -1.02. The van der Waals surface area contributed by atoms with Gasteiger partial charge in [-0.25, -0.2) is 9.59 Å². The molecule has 3 rings (SSSR count). The molecule has 0 aromatic heterocycles. The molecule has 0 saturated carbocycles. The topological polar surface area (TPSA) is 141 Å². The highest BCUT2D eigenvalue weighted by atomic mass is 16.6. The molecular weight excluding hydrogens is 484 g/mol. The fourth-order valence-electron chi connectivity index (χ4n) is 3.06. The molecule has 0 aromatic rings. The van der Waals surface area contributed by atoms with Crippen molar-refractivity contribution in [2.45, 2.75) is 52.7 Å². The Morgan fingerprint density at radius 2 is 1.22 bits per heavy atom. The molecule has 0 radical (unpaired) electrons. The molecule has 37 heavy (non-hydrogen) atoms. The van der Waals surface area contributed by atoms with E-state index in [2.05, 4.69) is 10.6 Å². The monoisotopic (exact) mass is 528 g/mol. The van der Waals surface area contributed by atoms with E-state index in [0.29, 0.717) is 32.7 Å². The van der Waals surface area contributed by atoms with E-state index in [1.54, 1.807) is 37.6 Å². The summed E-state index contributed by atoms with van der Waals surface area (Å²) in [4.78, 5) is 62.3. The highest BCUT2D eigenvalue weighted by Gasteiger charge is 2.28. The van der Waals surface area contributed by atoms with Crippen LogP contribution in [0, 0.1) is 0 Å². The van der Waals surface area contributed by atoms with Gasteiger partial charge in [-0.15, -0.1) is 0 Å². The number of hydrogen-bond donors (Lipinski definition) is 2. The smallest absolute Gasteiger partial charge is 0.410 e. The summed E-state index contributed by atoms with van der Waals surface area (Å²) in [6.45, 7) is 15.4. The van der Waals surface area contributed by atoms with Gasteiger partial charge in [-0.1, -0.05) is 0 Å². The molecule has 0 atom stereocenters. The third-order valence-electron chi connectivity index (χ3n) is 5.12. The molecule has 0 unspecified atom stereocenters. The van der Waals surface area contributed by atoms with Crippen LogP contribution in [0.2, 0.25) is 0 Å². The molecule has 0 spiro atoms. The number of nitrogens with one attached hydrogen (secondary N) is 2. The number of amides is 5. The van der Waals surface area contributed by atoms with Gasteiger partial charge < -0.3 is 29.9 Å². The van der Waals surface area contributed by atoms with Crippen molar-refractivity contribution in [2.75, 3.05) is 73.0 Å². The summed E-state index contributed by atoms with van der Waals surface area (Å²) in [7, 11) is 3.55. The number of hydrogen-bond acceptors (Lipinski definition) is 8. The third-order valence-corrected chi connectivity index (χ3v) is 5.12. The Labute approximate surface area is 219 Å². The molecule has 3 saturated heterocycles. The van der Waals surface area contributed by atoms with Crippen molar-refractivity contribution in [1.29, 1.82) is 0 Å². The van der Waals surface area contributed by atoms with Crippen molar-refractivity contribution < 1.29 is 33.4 Å². The SMILES string of the molecule is CC(C)(C)OC(=O)N1CCNC(=O)C1.CN1CCN(C(=O)OC(C)(C)C)CC1=O.CN1CCNCC1=O. The highest BCUT2D eigenvalue weighted by molar-refractivity contribution is 5.84. The average molecular weight is 529 g/mol. The van der Waals surface area contributed by atoms with E-state index in [9.17, 15) is 24.0 Å². The molecule has 0 bridgehead atoms. The number of rotatable bonds is 0. The van der Waals surface area contributed by atoms with E-state index in [-0.39, 0.29) is 30.8 Å². The normalized spacial score (nSPS) is 18.6. The van der Waals surface area contributed by atoms with Crippen LogP contribution in [-0.2, 0) is 23.9 Å². The second kappa shape index (κ2) is 14.0. The van der Waals surface area contributed by atoms with Crippen molar-refractivity contribution in [3.63, 3.8) is 0 Å². The van der Waals surface area contributed by atoms with Crippen molar-refractivity contribution in [2.24, 2.45) is 0 Å². The van der Waals surface area contributed by atoms with Gasteiger partial charge in [-0.3, -0.25) is 24.2 Å². The van der Waals surface area contributed by atoms with Gasteiger partial charge in [0.25, 0.3) is 0 Å². The van der Waals surface area contributed by atoms with Crippen LogP contribution in [0.15, 0.2) is 0 Å². The Kier molecular flexibility index (Phi) is 12.1. The summed E-state index contributed by atoms with van der Waals surface area (Å²) in [6.07, 6.45) is -0.837. The van der Waals surface area contributed by atoms with Gasteiger partial charge in [0.1, 0.15) is 24.3 Å². The maximum atomic E-state index is 11.6. The fraction of sp³-hybridized carbons (Fsp3) is 0.792. The van der Waals surface area contributed by atoms with E-state index < -0.39 is 23.4 Å². The first kappa shape index (κ1) is 31.9. The lowest BCUT2D eigenvalue weighted by Gasteiger charge is -2.33.